The monoisotopic (exact) mass is 378 g/mol. The third-order valence-electron chi connectivity index (χ3n) is 7.11. The second-order valence-corrected chi connectivity index (χ2v) is 8.20. The predicted molar refractivity (Wildman–Crippen MR) is 104 cm³/mol. The molecule has 0 spiro atoms. The Morgan fingerprint density at radius 1 is 1.04 bits per heavy atom. The lowest BCUT2D eigenvalue weighted by atomic mass is 9.67. The Kier molecular flexibility index (Phi) is 4.00. The van der Waals surface area contributed by atoms with Gasteiger partial charge in [0.15, 0.2) is 11.5 Å². The molecule has 2 fully saturated rings. The van der Waals surface area contributed by atoms with Gasteiger partial charge in [-0.3, -0.25) is 0 Å². The molecule has 5 atom stereocenters. The predicted octanol–water partition coefficient (Wildman–Crippen LogP) is 3.36. The molecule has 3 aliphatic rings. The van der Waals surface area contributed by atoms with Crippen molar-refractivity contribution in [3.05, 3.63) is 53.1 Å². The number of fused-ring (bicyclic) bond motifs is 7. The summed E-state index contributed by atoms with van der Waals surface area (Å²) >= 11 is 0. The van der Waals surface area contributed by atoms with Crippen LogP contribution in [0.1, 0.15) is 52.7 Å². The summed E-state index contributed by atoms with van der Waals surface area (Å²) in [6, 6.07) is 11.5. The normalized spacial score (nSPS) is 29.6. The number of hydrogen-bond acceptors (Lipinski definition) is 5. The van der Waals surface area contributed by atoms with Gasteiger partial charge in [-0.25, -0.2) is 0 Å². The molecule has 5 rings (SSSR count). The highest BCUT2D eigenvalue weighted by molar-refractivity contribution is 5.94. The Morgan fingerprint density at radius 2 is 1.79 bits per heavy atom. The first kappa shape index (κ1) is 17.4. The second kappa shape index (κ2) is 6.43. The van der Waals surface area contributed by atoms with Crippen LogP contribution in [0.3, 0.4) is 0 Å². The minimum atomic E-state index is -1.14. The third kappa shape index (κ3) is 2.35. The number of methoxy groups -OCH3 is 2. The largest absolute Gasteiger partial charge is 0.545 e. The first-order valence-corrected chi connectivity index (χ1v) is 9.95. The fraction of sp³-hybridized carbons (Fsp3) is 0.435. The van der Waals surface area contributed by atoms with E-state index >= 15 is 0 Å². The van der Waals surface area contributed by atoms with Crippen LogP contribution in [0.15, 0.2) is 36.4 Å². The molecule has 0 amide bonds. The number of carboxylic acids is 1. The van der Waals surface area contributed by atoms with Gasteiger partial charge in [-0.1, -0.05) is 30.3 Å². The minimum Gasteiger partial charge on any atom is -0.545 e. The lowest BCUT2D eigenvalue weighted by Gasteiger charge is -2.44. The van der Waals surface area contributed by atoms with Gasteiger partial charge in [0.2, 0.25) is 0 Å². The second-order valence-electron chi connectivity index (χ2n) is 8.20. The average molecular weight is 378 g/mol. The van der Waals surface area contributed by atoms with Crippen LogP contribution in [0.2, 0.25) is 0 Å². The van der Waals surface area contributed by atoms with Gasteiger partial charge in [-0.15, -0.1) is 0 Å². The van der Waals surface area contributed by atoms with E-state index in [2.05, 4.69) is 17.4 Å². The van der Waals surface area contributed by atoms with Crippen molar-refractivity contribution in [3.63, 3.8) is 0 Å². The summed E-state index contributed by atoms with van der Waals surface area (Å²) in [5.74, 6) is 2.33. The third-order valence-corrected chi connectivity index (χ3v) is 7.11. The fourth-order valence-corrected chi connectivity index (χ4v) is 6.15. The van der Waals surface area contributed by atoms with Gasteiger partial charge in [0.25, 0.3) is 0 Å². The van der Waals surface area contributed by atoms with Gasteiger partial charge in [0, 0.05) is 16.8 Å². The van der Waals surface area contributed by atoms with Crippen LogP contribution in [-0.2, 0) is 0 Å². The van der Waals surface area contributed by atoms with Gasteiger partial charge in [-0.05, 0) is 54.6 Å². The molecule has 146 valence electrons. The Bertz CT molecular complexity index is 940. The summed E-state index contributed by atoms with van der Waals surface area (Å²) in [7, 11) is 3.29. The van der Waals surface area contributed by atoms with Crippen molar-refractivity contribution in [3.8, 4) is 11.5 Å². The van der Waals surface area contributed by atoms with E-state index in [1.165, 1.54) is 19.3 Å². The van der Waals surface area contributed by atoms with Crippen molar-refractivity contribution in [2.75, 3.05) is 19.5 Å². The van der Waals surface area contributed by atoms with Crippen molar-refractivity contribution in [1.82, 2.24) is 0 Å². The lowest BCUT2D eigenvalue weighted by Crippen LogP contribution is -2.37. The zero-order valence-corrected chi connectivity index (χ0v) is 16.1. The van der Waals surface area contributed by atoms with E-state index in [9.17, 15) is 9.90 Å². The number of para-hydroxylation sites is 2. The number of hydrogen-bond donors (Lipinski definition) is 1. The first-order chi connectivity index (χ1) is 13.6. The number of benzene rings is 2. The Morgan fingerprint density at radius 3 is 2.54 bits per heavy atom. The van der Waals surface area contributed by atoms with E-state index in [4.69, 9.17) is 9.47 Å². The highest BCUT2D eigenvalue weighted by Gasteiger charge is 2.54. The molecule has 1 aliphatic heterocycles. The summed E-state index contributed by atoms with van der Waals surface area (Å²) in [4.78, 5) is 11.8. The van der Waals surface area contributed by atoms with E-state index in [-0.39, 0.29) is 11.6 Å². The molecule has 0 radical (unpaired) electrons. The smallest absolute Gasteiger partial charge is 0.165 e. The molecular formula is C23H24NO4-. The zero-order valence-electron chi connectivity index (χ0n) is 16.1. The van der Waals surface area contributed by atoms with Gasteiger partial charge in [0.1, 0.15) is 0 Å². The maximum absolute atomic E-state index is 11.8. The van der Waals surface area contributed by atoms with Gasteiger partial charge in [-0.2, -0.15) is 0 Å². The molecule has 0 unspecified atom stereocenters. The Hall–Kier alpha value is -2.69. The SMILES string of the molecule is COc1cccc([C@@H]2Nc3c(C(=O)[O-])cccc3[C@H]3[C@H]4CC[C@H](C4)[C@H]32)c1OC. The molecule has 28 heavy (non-hydrogen) atoms. The Labute approximate surface area is 164 Å². The van der Waals surface area contributed by atoms with Gasteiger partial charge >= 0.3 is 0 Å². The number of rotatable bonds is 4. The van der Waals surface area contributed by atoms with Gasteiger partial charge in [0.05, 0.1) is 26.2 Å². The molecule has 1 heterocycles. The summed E-state index contributed by atoms with van der Waals surface area (Å²) in [5, 5.41) is 15.4. The molecule has 0 saturated heterocycles. The molecule has 2 aromatic rings. The van der Waals surface area contributed by atoms with Crippen LogP contribution >= 0.6 is 0 Å². The number of carbonyl (C=O) groups is 1. The van der Waals surface area contributed by atoms with E-state index in [1.807, 2.05) is 18.2 Å². The summed E-state index contributed by atoms with van der Waals surface area (Å²) in [5.41, 5.74) is 3.12. The number of ether oxygens (including phenoxy) is 2. The number of carbonyl (C=O) groups excluding carboxylic acids is 1. The average Bonchev–Trinajstić information content (AvgIpc) is 3.34. The van der Waals surface area contributed by atoms with Crippen LogP contribution < -0.4 is 19.9 Å². The number of nitrogens with one attached hydrogen (secondary N) is 1. The highest BCUT2D eigenvalue weighted by atomic mass is 16.5. The molecule has 5 heteroatoms. The van der Waals surface area contributed by atoms with Gasteiger partial charge < -0.3 is 24.7 Å². The van der Waals surface area contributed by atoms with Crippen LogP contribution in [0, 0.1) is 17.8 Å². The van der Waals surface area contributed by atoms with Crippen molar-refractivity contribution in [1.29, 1.82) is 0 Å². The maximum atomic E-state index is 11.8. The molecule has 2 bridgehead atoms. The summed E-state index contributed by atoms with van der Waals surface area (Å²) in [6.07, 6.45) is 3.68. The quantitative estimate of drug-likeness (QED) is 0.883. The number of anilines is 1. The van der Waals surface area contributed by atoms with E-state index in [0.717, 1.165) is 16.9 Å². The summed E-state index contributed by atoms with van der Waals surface area (Å²) in [6.45, 7) is 0. The van der Waals surface area contributed by atoms with E-state index in [0.29, 0.717) is 35.1 Å². The molecular weight excluding hydrogens is 354 g/mol. The van der Waals surface area contributed by atoms with Crippen LogP contribution in [-0.4, -0.2) is 20.2 Å². The van der Waals surface area contributed by atoms with Crippen molar-refractivity contribution < 1.29 is 19.4 Å². The molecule has 2 aliphatic carbocycles. The lowest BCUT2D eigenvalue weighted by molar-refractivity contribution is -0.254. The highest BCUT2D eigenvalue weighted by Crippen LogP contribution is 2.64. The standard InChI is InChI=1S/C23H25NO4/c1-27-17-8-4-6-15(22(17)28-2)21-19-13-10-9-12(11-13)18(19)14-5-3-7-16(23(25)26)20(14)24-21/h3-8,12-13,18-19,21,24H,9-11H2,1-2H3,(H,25,26)/p-1/t12-,13+,18+,19+,21-/m0/s1. The molecule has 1 N–H and O–H groups in total. The Balaban J connectivity index is 1.70. The van der Waals surface area contributed by atoms with Crippen LogP contribution in [0.4, 0.5) is 5.69 Å². The van der Waals surface area contributed by atoms with Crippen molar-refractivity contribution >= 4 is 11.7 Å². The first-order valence-electron chi connectivity index (χ1n) is 9.95. The number of carboxylic acid groups (broad SMARTS) is 1. The molecule has 2 aromatic carbocycles. The zero-order chi connectivity index (χ0) is 19.4. The molecule has 0 aromatic heterocycles. The van der Waals surface area contributed by atoms with Crippen molar-refractivity contribution in [2.24, 2.45) is 17.8 Å². The van der Waals surface area contributed by atoms with Crippen LogP contribution in [0.5, 0.6) is 11.5 Å². The van der Waals surface area contributed by atoms with Crippen LogP contribution in [0.25, 0.3) is 0 Å². The molecule has 2 saturated carbocycles. The van der Waals surface area contributed by atoms with E-state index < -0.39 is 5.97 Å². The topological polar surface area (TPSA) is 70.6 Å². The number of aromatic carboxylic acids is 1. The maximum Gasteiger partial charge on any atom is 0.165 e. The van der Waals surface area contributed by atoms with Crippen molar-refractivity contribution in [2.45, 2.75) is 31.2 Å². The summed E-state index contributed by atoms with van der Waals surface area (Å²) < 4.78 is 11.2. The fourth-order valence-electron chi connectivity index (χ4n) is 6.15. The van der Waals surface area contributed by atoms with E-state index in [1.54, 1.807) is 20.3 Å². The molecule has 5 nitrogen and oxygen atoms in total. The minimum absolute atomic E-state index is 0.0154.